The second-order valence-electron chi connectivity index (χ2n) is 9.14. The summed E-state index contributed by atoms with van der Waals surface area (Å²) in [5, 5.41) is 56.0. The molecular weight excluding hydrogens is 732 g/mol. The van der Waals surface area contributed by atoms with Crippen LogP contribution in [0.5, 0.6) is 23.0 Å². The van der Waals surface area contributed by atoms with Crippen LogP contribution >= 0.6 is 0 Å². The number of ketones is 1. The van der Waals surface area contributed by atoms with Crippen molar-refractivity contribution in [1.29, 1.82) is 0 Å². The van der Waals surface area contributed by atoms with Crippen molar-refractivity contribution < 1.29 is 49.4 Å². The number of aromatic carboxylic acids is 1. The van der Waals surface area contributed by atoms with Gasteiger partial charge >= 0.3 is 39.2 Å². The van der Waals surface area contributed by atoms with Gasteiger partial charge in [0, 0.05) is 12.1 Å². The van der Waals surface area contributed by atoms with E-state index in [1.807, 2.05) is 0 Å². The van der Waals surface area contributed by atoms with Gasteiger partial charge in [-0.15, -0.1) is 0 Å². The first kappa shape index (κ1) is 31.4. The van der Waals surface area contributed by atoms with Crippen LogP contribution in [0.1, 0.15) is 59.8 Å². The number of carbonyl (C=O) groups is 4. The fourth-order valence-electron chi connectivity index (χ4n) is 4.42. The summed E-state index contributed by atoms with van der Waals surface area (Å²) in [5.74, 6) is -6.42. The minimum atomic E-state index is -1.51. The van der Waals surface area contributed by atoms with E-state index in [-0.39, 0.29) is 50.7 Å². The molecule has 1 heterocycles. The fraction of sp³-hybridized carbons (Fsp3) is 0.214. The van der Waals surface area contributed by atoms with Gasteiger partial charge in [-0.3, -0.25) is 9.59 Å². The molecule has 1 fully saturated rings. The van der Waals surface area contributed by atoms with E-state index in [9.17, 15) is 44.7 Å². The average Bonchev–Trinajstić information content (AvgIpc) is 3.12. The Balaban J connectivity index is 0.00000462. The summed E-state index contributed by atoms with van der Waals surface area (Å²) in [5.41, 5.74) is -1.91. The van der Waals surface area contributed by atoms with Gasteiger partial charge in [0.2, 0.25) is 5.78 Å². The van der Waals surface area contributed by atoms with Gasteiger partial charge in [-0.25, -0.2) is 9.59 Å². The number of phenolic OH excluding ortho intramolecular Hbond substituents is 4. The van der Waals surface area contributed by atoms with Crippen LogP contribution in [0.2, 0.25) is 0 Å². The first-order valence-corrected chi connectivity index (χ1v) is 12.2. The van der Waals surface area contributed by atoms with E-state index in [4.69, 9.17) is 4.74 Å². The summed E-state index contributed by atoms with van der Waals surface area (Å²) in [6.45, 7) is 0.904. The molecule has 2 atom stereocenters. The summed E-state index contributed by atoms with van der Waals surface area (Å²) in [6, 6.07) is 10.1. The monoisotopic (exact) mass is 760 g/mol. The summed E-state index contributed by atoms with van der Waals surface area (Å²) in [6.07, 6.45) is 0.229. The Kier molecular flexibility index (Phi) is 10.3. The van der Waals surface area contributed by atoms with Crippen LogP contribution in [-0.2, 0) is 4.74 Å². The second-order valence-corrected chi connectivity index (χ2v) is 9.14. The van der Waals surface area contributed by atoms with Gasteiger partial charge in [0.1, 0.15) is 34.7 Å². The van der Waals surface area contributed by atoms with Crippen molar-refractivity contribution in [2.45, 2.75) is 25.0 Å². The maximum absolute atomic E-state index is 13.0. The van der Waals surface area contributed by atoms with Crippen molar-refractivity contribution in [3.8, 4) is 23.0 Å². The van der Waals surface area contributed by atoms with Gasteiger partial charge in [0.25, 0.3) is 5.91 Å². The van der Waals surface area contributed by atoms with Crippen molar-refractivity contribution in [2.75, 3.05) is 13.1 Å². The molecule has 3 aromatic rings. The molecule has 0 aromatic heterocycles. The molecule has 0 saturated carbocycles. The zero-order valence-electron chi connectivity index (χ0n) is 21.7. The minimum absolute atomic E-state index is 0. The van der Waals surface area contributed by atoms with Crippen LogP contribution < -0.4 is 10.6 Å². The van der Waals surface area contributed by atoms with Crippen LogP contribution in [0.3, 0.4) is 0 Å². The molecular formula is C28H28N2O10Pb. The number of hydrogen-bond donors (Lipinski definition) is 7. The molecule has 0 spiro atoms. The first-order chi connectivity index (χ1) is 19.1. The van der Waals surface area contributed by atoms with E-state index in [1.165, 1.54) is 30.3 Å². The van der Waals surface area contributed by atoms with Gasteiger partial charge in [-0.2, -0.15) is 0 Å². The summed E-state index contributed by atoms with van der Waals surface area (Å²) in [7, 11) is 0. The van der Waals surface area contributed by atoms with Crippen molar-refractivity contribution in [1.82, 2.24) is 10.6 Å². The molecule has 214 valence electrons. The summed E-state index contributed by atoms with van der Waals surface area (Å²) < 4.78 is 5.63. The van der Waals surface area contributed by atoms with Crippen LogP contribution in [0.15, 0.2) is 54.6 Å². The van der Waals surface area contributed by atoms with Gasteiger partial charge in [0.15, 0.2) is 0 Å². The Hall–Kier alpha value is -4.18. The van der Waals surface area contributed by atoms with Crippen LogP contribution in [-0.4, -0.2) is 102 Å². The summed E-state index contributed by atoms with van der Waals surface area (Å²) >= 11 is 0. The van der Waals surface area contributed by atoms with Crippen LogP contribution in [0, 0.1) is 0 Å². The molecule has 3 aromatic carbocycles. The Morgan fingerprint density at radius 3 is 2.15 bits per heavy atom. The molecule has 12 nitrogen and oxygen atoms in total. The van der Waals surface area contributed by atoms with Crippen molar-refractivity contribution >= 4 is 50.9 Å². The quantitative estimate of drug-likeness (QED) is 0.104. The normalized spacial score (nSPS) is 16.5. The molecule has 1 saturated heterocycles. The van der Waals surface area contributed by atoms with E-state index in [0.717, 1.165) is 24.3 Å². The molecule has 0 unspecified atom stereocenters. The molecule has 2 radical (unpaired) electrons. The number of carboxylic acid groups (broad SMARTS) is 1. The number of hydrogen-bond acceptors (Lipinski definition) is 10. The molecule has 4 rings (SSSR count). The third-order valence-electron chi connectivity index (χ3n) is 6.42. The van der Waals surface area contributed by atoms with Crippen molar-refractivity contribution in [2.24, 2.45) is 0 Å². The fourth-order valence-corrected chi connectivity index (χ4v) is 4.42. The molecule has 1 aliphatic rings. The van der Waals surface area contributed by atoms with E-state index in [0.29, 0.717) is 19.4 Å². The Labute approximate surface area is 253 Å². The third-order valence-corrected chi connectivity index (χ3v) is 6.42. The SMILES string of the molecule is O=C(N[C@@H]1CNCCC[C@H]1OC(=O)c1cc(O)c(C(=O)c2c(O)cccc2C(=O)O)c(O)c1)c1ccc(O)cc1.[PbH2]. The number of aromatic hydroxyl groups is 4. The van der Waals surface area contributed by atoms with E-state index in [1.54, 1.807) is 0 Å². The van der Waals surface area contributed by atoms with E-state index in [2.05, 4.69) is 10.6 Å². The number of nitrogens with one attached hydrogen (secondary N) is 2. The first-order valence-electron chi connectivity index (χ1n) is 12.2. The topological polar surface area (TPSA) is 203 Å². The maximum atomic E-state index is 13.0. The van der Waals surface area contributed by atoms with E-state index < -0.39 is 69.7 Å². The predicted octanol–water partition coefficient (Wildman–Crippen LogP) is 1.23. The summed E-state index contributed by atoms with van der Waals surface area (Å²) in [4.78, 5) is 50.3. The zero-order chi connectivity index (χ0) is 29.0. The number of benzene rings is 3. The van der Waals surface area contributed by atoms with Crippen molar-refractivity contribution in [3.05, 3.63) is 82.4 Å². The van der Waals surface area contributed by atoms with Crippen LogP contribution in [0.25, 0.3) is 0 Å². The average molecular weight is 760 g/mol. The molecule has 7 N–H and O–H groups in total. The number of phenols is 4. The number of amides is 1. The molecule has 0 bridgehead atoms. The number of rotatable bonds is 7. The third kappa shape index (κ3) is 7.13. The molecule has 41 heavy (non-hydrogen) atoms. The Morgan fingerprint density at radius 1 is 0.854 bits per heavy atom. The Morgan fingerprint density at radius 2 is 1.51 bits per heavy atom. The van der Waals surface area contributed by atoms with E-state index >= 15 is 0 Å². The number of ether oxygens (including phenoxy) is 1. The molecule has 1 aliphatic heterocycles. The molecule has 1 amide bonds. The standard InChI is InChI=1S/C28H26N2O10.Pb.2H/c31-16-8-6-14(7-9-16)26(36)30-18-13-29-10-2-5-22(18)40-28(39)15-11-20(33)24(21(34)12-15)25(35)23-17(27(37)38)3-1-4-19(23)32;;;/h1,3-4,6-9,11-12,18,22,29,31-34H,2,5,10,13H2,(H,30,36)(H,37,38);;;/t18-,22-;;;/m1.../s1. The van der Waals surface area contributed by atoms with Gasteiger partial charge in [0.05, 0.1) is 22.7 Å². The molecule has 0 aliphatic carbocycles. The zero-order valence-corrected chi connectivity index (χ0v) is 27.2. The van der Waals surface area contributed by atoms with Gasteiger partial charge in [-0.05, 0) is 67.9 Å². The second kappa shape index (κ2) is 13.5. The molecule has 13 heteroatoms. The Bertz CT molecular complexity index is 1450. The van der Waals surface area contributed by atoms with Gasteiger partial charge in [-0.1, -0.05) is 6.07 Å². The predicted molar refractivity (Wildman–Crippen MR) is 147 cm³/mol. The number of carbonyl (C=O) groups excluding carboxylic acids is 3. The number of carboxylic acids is 1. The van der Waals surface area contributed by atoms with Gasteiger partial charge < -0.3 is 40.9 Å². The number of esters is 1. The van der Waals surface area contributed by atoms with Crippen LogP contribution in [0.4, 0.5) is 0 Å². The van der Waals surface area contributed by atoms with Crippen molar-refractivity contribution in [3.63, 3.8) is 0 Å².